The first-order valence-corrected chi connectivity index (χ1v) is 17.6. The molecule has 5 aliphatic rings. The molecule has 1 atom stereocenters. The fourth-order valence-electron chi connectivity index (χ4n) is 7.77. The van der Waals surface area contributed by atoms with Gasteiger partial charge >= 0.3 is 12.1 Å². The maximum atomic E-state index is 14.1. The number of para-hydroxylation sites is 1. The van der Waals surface area contributed by atoms with Crippen LogP contribution in [-0.4, -0.2) is 140 Å². The lowest BCUT2D eigenvalue weighted by molar-refractivity contribution is -0.143. The number of fused-ring (bicyclic) bond motifs is 2. The van der Waals surface area contributed by atoms with Crippen molar-refractivity contribution in [3.63, 3.8) is 0 Å². The van der Waals surface area contributed by atoms with Crippen LogP contribution in [0.15, 0.2) is 42.5 Å². The Balaban J connectivity index is 0.983. The predicted molar refractivity (Wildman–Crippen MR) is 181 cm³/mol. The number of carbonyl (C=O) groups excluding carboxylic acids is 3. The Hall–Kier alpha value is -4.03. The standard InChI is InChI=1S/C36H48N6O6/c1-38-13-9-28(10-14-38)39-18-20-40(21-19-39)34(43)33(25-26-6-7-31-32(24-26)47-23-22-46-31)48-36(45)41-15-11-29(12-16-41)42-17-8-27-4-2-3-5-30(27)37-35(42)44/h2-7,24,28-29,33H,8-23,25H2,1H3,(H,37,44). The van der Waals surface area contributed by atoms with Gasteiger partial charge in [-0.25, -0.2) is 9.59 Å². The van der Waals surface area contributed by atoms with Gasteiger partial charge in [0, 0.05) is 70.0 Å². The van der Waals surface area contributed by atoms with Gasteiger partial charge in [0.15, 0.2) is 17.6 Å². The normalized spacial score (nSPS) is 22.0. The summed E-state index contributed by atoms with van der Waals surface area (Å²) in [5.41, 5.74) is 2.84. The Morgan fingerprint density at radius 2 is 1.54 bits per heavy atom. The third-order valence-corrected chi connectivity index (χ3v) is 10.7. The van der Waals surface area contributed by atoms with Gasteiger partial charge in [-0.2, -0.15) is 0 Å². The van der Waals surface area contributed by atoms with Gasteiger partial charge in [0.05, 0.1) is 0 Å². The summed E-state index contributed by atoms with van der Waals surface area (Å²) in [6.07, 6.45) is 3.21. The number of anilines is 1. The number of amides is 4. The van der Waals surface area contributed by atoms with Crippen LogP contribution in [0, 0.1) is 0 Å². The minimum absolute atomic E-state index is 0.0272. The van der Waals surface area contributed by atoms with Crippen LogP contribution in [0.4, 0.5) is 15.3 Å². The number of urea groups is 1. The van der Waals surface area contributed by atoms with E-state index in [4.69, 9.17) is 14.2 Å². The molecule has 1 unspecified atom stereocenters. The Labute approximate surface area is 282 Å². The molecule has 3 fully saturated rings. The van der Waals surface area contributed by atoms with Crippen LogP contribution in [0.3, 0.4) is 0 Å². The van der Waals surface area contributed by atoms with Crippen molar-refractivity contribution in [1.29, 1.82) is 0 Å². The van der Waals surface area contributed by atoms with Crippen LogP contribution in [0.25, 0.3) is 0 Å². The number of piperidine rings is 2. The van der Waals surface area contributed by atoms with E-state index in [2.05, 4.69) is 28.2 Å². The lowest BCUT2D eigenvalue weighted by Gasteiger charge is -2.42. The van der Waals surface area contributed by atoms with E-state index < -0.39 is 12.2 Å². The third kappa shape index (κ3) is 7.34. The maximum absolute atomic E-state index is 14.1. The SMILES string of the molecule is CN1CCC(N2CCN(C(=O)C(Cc3ccc4c(c3)OCCO4)OC(=O)N3CCC(N4CCc5ccccc5NC4=O)CC3)CC2)CC1. The van der Waals surface area contributed by atoms with E-state index in [1.54, 1.807) is 4.90 Å². The van der Waals surface area contributed by atoms with Crippen molar-refractivity contribution in [1.82, 2.24) is 24.5 Å². The average Bonchev–Trinajstić information content (AvgIpc) is 3.29. The van der Waals surface area contributed by atoms with Crippen molar-refractivity contribution in [2.45, 2.75) is 56.7 Å². The van der Waals surface area contributed by atoms with Gasteiger partial charge in [-0.05, 0) is 81.6 Å². The Kier molecular flexibility index (Phi) is 9.90. The highest BCUT2D eigenvalue weighted by Gasteiger charge is 2.36. The molecule has 0 aromatic heterocycles. The van der Waals surface area contributed by atoms with Crippen molar-refractivity contribution in [2.75, 3.05) is 84.5 Å². The fraction of sp³-hybridized carbons (Fsp3) is 0.583. The second-order valence-electron chi connectivity index (χ2n) is 13.7. The molecular weight excluding hydrogens is 612 g/mol. The fourth-order valence-corrected chi connectivity index (χ4v) is 7.77. The van der Waals surface area contributed by atoms with Gasteiger partial charge in [-0.15, -0.1) is 0 Å². The number of benzene rings is 2. The van der Waals surface area contributed by atoms with Crippen molar-refractivity contribution in [2.24, 2.45) is 0 Å². The Morgan fingerprint density at radius 3 is 2.31 bits per heavy atom. The van der Waals surface area contributed by atoms with Crippen LogP contribution in [0.1, 0.15) is 36.8 Å². The molecule has 0 spiro atoms. The first-order chi connectivity index (χ1) is 23.4. The van der Waals surface area contributed by atoms with Crippen molar-refractivity contribution >= 4 is 23.7 Å². The molecule has 7 rings (SSSR count). The van der Waals surface area contributed by atoms with Crippen molar-refractivity contribution in [3.8, 4) is 11.5 Å². The Morgan fingerprint density at radius 1 is 0.833 bits per heavy atom. The minimum Gasteiger partial charge on any atom is -0.486 e. The number of hydrogen-bond acceptors (Lipinski definition) is 8. The summed E-state index contributed by atoms with van der Waals surface area (Å²) in [6, 6.07) is 14.1. The lowest BCUT2D eigenvalue weighted by Crippen LogP contribution is -2.56. The van der Waals surface area contributed by atoms with Crippen molar-refractivity contribution in [3.05, 3.63) is 53.6 Å². The zero-order chi connectivity index (χ0) is 33.0. The molecule has 0 aliphatic carbocycles. The number of rotatable bonds is 6. The van der Waals surface area contributed by atoms with Gasteiger partial charge in [0.2, 0.25) is 0 Å². The monoisotopic (exact) mass is 660 g/mol. The van der Waals surface area contributed by atoms with Gasteiger partial charge < -0.3 is 39.1 Å². The summed E-state index contributed by atoms with van der Waals surface area (Å²) in [7, 11) is 2.17. The first-order valence-electron chi connectivity index (χ1n) is 17.6. The summed E-state index contributed by atoms with van der Waals surface area (Å²) in [6.45, 7) is 7.62. The molecule has 12 heteroatoms. The molecule has 4 amide bonds. The average molecular weight is 661 g/mol. The van der Waals surface area contributed by atoms with Crippen LogP contribution in [0.2, 0.25) is 0 Å². The molecule has 48 heavy (non-hydrogen) atoms. The van der Waals surface area contributed by atoms with Gasteiger partial charge in [-0.3, -0.25) is 9.69 Å². The molecule has 12 nitrogen and oxygen atoms in total. The number of likely N-dealkylation sites (tertiary alicyclic amines) is 2. The smallest absolute Gasteiger partial charge is 0.410 e. The van der Waals surface area contributed by atoms with E-state index in [-0.39, 0.29) is 24.4 Å². The molecule has 0 saturated carbocycles. The van der Waals surface area contributed by atoms with E-state index in [1.807, 2.05) is 46.2 Å². The van der Waals surface area contributed by atoms with Crippen LogP contribution >= 0.6 is 0 Å². The van der Waals surface area contributed by atoms with E-state index in [1.165, 1.54) is 0 Å². The molecule has 5 aliphatic heterocycles. The molecule has 0 bridgehead atoms. The highest BCUT2D eigenvalue weighted by molar-refractivity contribution is 5.91. The van der Waals surface area contributed by atoms with Crippen LogP contribution < -0.4 is 14.8 Å². The number of hydrogen-bond donors (Lipinski definition) is 1. The van der Waals surface area contributed by atoms with E-state index in [0.717, 1.165) is 62.3 Å². The summed E-state index contributed by atoms with van der Waals surface area (Å²) >= 11 is 0. The predicted octanol–water partition coefficient (Wildman–Crippen LogP) is 3.30. The first kappa shape index (κ1) is 32.5. The van der Waals surface area contributed by atoms with E-state index in [9.17, 15) is 14.4 Å². The number of carbonyl (C=O) groups is 3. The summed E-state index contributed by atoms with van der Waals surface area (Å²) < 4.78 is 17.6. The molecule has 5 heterocycles. The molecule has 2 aromatic carbocycles. The van der Waals surface area contributed by atoms with Crippen molar-refractivity contribution < 1.29 is 28.6 Å². The number of ether oxygens (including phenoxy) is 3. The highest BCUT2D eigenvalue weighted by atomic mass is 16.6. The van der Waals surface area contributed by atoms with Crippen LogP contribution in [0.5, 0.6) is 11.5 Å². The zero-order valence-electron chi connectivity index (χ0n) is 28.0. The number of nitrogens with zero attached hydrogens (tertiary/aromatic N) is 5. The van der Waals surface area contributed by atoms with Crippen LogP contribution in [-0.2, 0) is 22.4 Å². The highest BCUT2D eigenvalue weighted by Crippen LogP contribution is 2.32. The largest absolute Gasteiger partial charge is 0.486 e. The minimum atomic E-state index is -0.956. The second kappa shape index (κ2) is 14.6. The molecule has 0 radical (unpaired) electrons. The number of nitrogens with one attached hydrogen (secondary N) is 1. The molecule has 258 valence electrons. The molecule has 1 N–H and O–H groups in total. The van der Waals surface area contributed by atoms with Gasteiger partial charge in [0.25, 0.3) is 5.91 Å². The molecular formula is C36H48N6O6. The summed E-state index contributed by atoms with van der Waals surface area (Å²) in [4.78, 5) is 51.1. The Bertz CT molecular complexity index is 1460. The number of piperazine rings is 1. The van der Waals surface area contributed by atoms with E-state index in [0.29, 0.717) is 76.3 Å². The lowest BCUT2D eigenvalue weighted by atomic mass is 10.0. The molecule has 3 saturated heterocycles. The quantitative estimate of drug-likeness (QED) is 0.504. The second-order valence-corrected chi connectivity index (χ2v) is 13.7. The summed E-state index contributed by atoms with van der Waals surface area (Å²) in [5.74, 6) is 1.17. The summed E-state index contributed by atoms with van der Waals surface area (Å²) in [5, 5.41) is 3.06. The molecule has 2 aromatic rings. The zero-order valence-corrected chi connectivity index (χ0v) is 28.0. The van der Waals surface area contributed by atoms with Gasteiger partial charge in [0.1, 0.15) is 13.2 Å². The maximum Gasteiger partial charge on any atom is 0.410 e. The topological polar surface area (TPSA) is 107 Å². The van der Waals surface area contributed by atoms with E-state index >= 15 is 0 Å². The third-order valence-electron chi connectivity index (χ3n) is 10.7. The van der Waals surface area contributed by atoms with Gasteiger partial charge in [-0.1, -0.05) is 24.3 Å².